The van der Waals surface area contributed by atoms with Crippen molar-refractivity contribution in [3.8, 4) is 0 Å². The second-order valence-corrected chi connectivity index (χ2v) is 4.89. The molecule has 90 valence electrons. The predicted octanol–water partition coefficient (Wildman–Crippen LogP) is 4.31. The van der Waals surface area contributed by atoms with Crippen LogP contribution >= 0.6 is 0 Å². The number of aliphatic hydroxyl groups is 1. The molecule has 0 rings (SSSR count). The molecule has 0 aromatic carbocycles. The van der Waals surface area contributed by atoms with Crippen LogP contribution in [0.1, 0.15) is 65.7 Å². The standard InChI is InChI=1S/C14H28O/c1-5-7-8-9-10-11-12-13(3)14(4,15)6-2/h6,13,15H,2,5,7-12H2,1,3-4H3. The lowest BCUT2D eigenvalue weighted by atomic mass is 9.86. The van der Waals surface area contributed by atoms with Crippen LogP contribution in [0.4, 0.5) is 0 Å². The highest BCUT2D eigenvalue weighted by Crippen LogP contribution is 2.23. The summed E-state index contributed by atoms with van der Waals surface area (Å²) in [5.41, 5.74) is -0.691. The van der Waals surface area contributed by atoms with Crippen LogP contribution in [0.3, 0.4) is 0 Å². The molecule has 2 atom stereocenters. The van der Waals surface area contributed by atoms with Crippen molar-refractivity contribution in [2.75, 3.05) is 0 Å². The minimum absolute atomic E-state index is 0.321. The molecular weight excluding hydrogens is 184 g/mol. The Morgan fingerprint density at radius 2 is 1.73 bits per heavy atom. The minimum atomic E-state index is -0.691. The van der Waals surface area contributed by atoms with Crippen LogP contribution in [0.2, 0.25) is 0 Å². The molecule has 0 radical (unpaired) electrons. The molecule has 0 aliphatic heterocycles. The van der Waals surface area contributed by atoms with Gasteiger partial charge in [-0.2, -0.15) is 0 Å². The van der Waals surface area contributed by atoms with E-state index in [0.717, 1.165) is 6.42 Å². The van der Waals surface area contributed by atoms with Crippen molar-refractivity contribution in [3.63, 3.8) is 0 Å². The van der Waals surface area contributed by atoms with Gasteiger partial charge in [-0.1, -0.05) is 58.4 Å². The van der Waals surface area contributed by atoms with Crippen LogP contribution in [-0.4, -0.2) is 10.7 Å². The van der Waals surface area contributed by atoms with Crippen LogP contribution < -0.4 is 0 Å². The number of rotatable bonds is 9. The van der Waals surface area contributed by atoms with E-state index in [1.807, 2.05) is 6.92 Å². The summed E-state index contributed by atoms with van der Waals surface area (Å²) in [6, 6.07) is 0. The number of hydrogen-bond acceptors (Lipinski definition) is 1. The van der Waals surface area contributed by atoms with Gasteiger partial charge in [-0.25, -0.2) is 0 Å². The van der Waals surface area contributed by atoms with Crippen LogP contribution in [-0.2, 0) is 0 Å². The third-order valence-corrected chi connectivity index (χ3v) is 3.40. The maximum absolute atomic E-state index is 9.91. The number of hydrogen-bond donors (Lipinski definition) is 1. The summed E-state index contributed by atoms with van der Waals surface area (Å²) < 4.78 is 0. The number of unbranched alkanes of at least 4 members (excludes halogenated alkanes) is 5. The molecular formula is C14H28O. The van der Waals surface area contributed by atoms with Crippen molar-refractivity contribution in [1.82, 2.24) is 0 Å². The highest BCUT2D eigenvalue weighted by atomic mass is 16.3. The van der Waals surface area contributed by atoms with Gasteiger partial charge in [0, 0.05) is 0 Å². The molecule has 0 aromatic heterocycles. The summed E-state index contributed by atoms with van der Waals surface area (Å²) in [6.07, 6.45) is 10.7. The van der Waals surface area contributed by atoms with E-state index >= 15 is 0 Å². The molecule has 0 amide bonds. The smallest absolute Gasteiger partial charge is 0.0822 e. The van der Waals surface area contributed by atoms with E-state index < -0.39 is 5.60 Å². The van der Waals surface area contributed by atoms with Crippen molar-refractivity contribution in [2.24, 2.45) is 5.92 Å². The van der Waals surface area contributed by atoms with Crippen LogP contribution in [0.25, 0.3) is 0 Å². The van der Waals surface area contributed by atoms with E-state index in [4.69, 9.17) is 0 Å². The molecule has 1 N–H and O–H groups in total. The summed E-state index contributed by atoms with van der Waals surface area (Å²) >= 11 is 0. The Kier molecular flexibility index (Phi) is 7.76. The zero-order chi connectivity index (χ0) is 11.7. The van der Waals surface area contributed by atoms with Crippen molar-refractivity contribution in [2.45, 2.75) is 71.3 Å². The average Bonchev–Trinajstić information content (AvgIpc) is 2.22. The molecule has 0 aliphatic rings. The average molecular weight is 212 g/mol. The molecule has 1 heteroatoms. The van der Waals surface area contributed by atoms with Crippen molar-refractivity contribution < 1.29 is 5.11 Å². The van der Waals surface area contributed by atoms with E-state index in [1.165, 1.54) is 38.5 Å². The third kappa shape index (κ3) is 6.72. The molecule has 0 aromatic rings. The maximum Gasteiger partial charge on any atom is 0.0822 e. The Morgan fingerprint density at radius 3 is 2.27 bits per heavy atom. The van der Waals surface area contributed by atoms with Crippen LogP contribution in [0.15, 0.2) is 12.7 Å². The first-order chi connectivity index (χ1) is 7.04. The van der Waals surface area contributed by atoms with Crippen molar-refractivity contribution in [3.05, 3.63) is 12.7 Å². The summed E-state index contributed by atoms with van der Waals surface area (Å²) in [5, 5.41) is 9.91. The first-order valence-electron chi connectivity index (χ1n) is 6.40. The monoisotopic (exact) mass is 212 g/mol. The van der Waals surface area contributed by atoms with Gasteiger partial charge in [0.1, 0.15) is 0 Å². The molecule has 0 saturated carbocycles. The first kappa shape index (κ1) is 14.7. The Balaban J connectivity index is 3.47. The van der Waals surface area contributed by atoms with Gasteiger partial charge in [-0.05, 0) is 19.3 Å². The SMILES string of the molecule is C=CC(C)(O)C(C)CCCCCCCC. The fourth-order valence-corrected chi connectivity index (χ4v) is 1.72. The Bertz CT molecular complexity index is 161. The predicted molar refractivity (Wildman–Crippen MR) is 68.0 cm³/mol. The van der Waals surface area contributed by atoms with Gasteiger partial charge >= 0.3 is 0 Å². The third-order valence-electron chi connectivity index (χ3n) is 3.40. The van der Waals surface area contributed by atoms with E-state index in [2.05, 4.69) is 20.4 Å². The van der Waals surface area contributed by atoms with Gasteiger partial charge in [0.15, 0.2) is 0 Å². The highest BCUT2D eigenvalue weighted by molar-refractivity contribution is 4.95. The van der Waals surface area contributed by atoms with E-state index in [9.17, 15) is 5.11 Å². The van der Waals surface area contributed by atoms with Gasteiger partial charge in [0.2, 0.25) is 0 Å². The summed E-state index contributed by atoms with van der Waals surface area (Å²) in [5.74, 6) is 0.321. The minimum Gasteiger partial charge on any atom is -0.386 e. The Hall–Kier alpha value is -0.300. The van der Waals surface area contributed by atoms with Gasteiger partial charge in [0.25, 0.3) is 0 Å². The van der Waals surface area contributed by atoms with Crippen molar-refractivity contribution >= 4 is 0 Å². The molecule has 0 fully saturated rings. The fraction of sp³-hybridized carbons (Fsp3) is 0.857. The zero-order valence-corrected chi connectivity index (χ0v) is 10.8. The Labute approximate surface area is 95.6 Å². The second kappa shape index (κ2) is 7.92. The van der Waals surface area contributed by atoms with Crippen LogP contribution in [0, 0.1) is 5.92 Å². The molecule has 0 aliphatic carbocycles. The van der Waals surface area contributed by atoms with E-state index in [0.29, 0.717) is 5.92 Å². The quantitative estimate of drug-likeness (QED) is 0.446. The summed E-state index contributed by atoms with van der Waals surface area (Å²) in [7, 11) is 0. The second-order valence-electron chi connectivity index (χ2n) is 4.89. The van der Waals surface area contributed by atoms with Gasteiger partial charge in [-0.15, -0.1) is 6.58 Å². The molecule has 0 heterocycles. The van der Waals surface area contributed by atoms with E-state index in [-0.39, 0.29) is 0 Å². The highest BCUT2D eigenvalue weighted by Gasteiger charge is 2.23. The molecule has 0 bridgehead atoms. The maximum atomic E-state index is 9.91. The van der Waals surface area contributed by atoms with Gasteiger partial charge in [-0.3, -0.25) is 0 Å². The molecule has 0 saturated heterocycles. The van der Waals surface area contributed by atoms with Crippen molar-refractivity contribution in [1.29, 1.82) is 0 Å². The first-order valence-corrected chi connectivity index (χ1v) is 6.40. The molecule has 2 unspecified atom stereocenters. The fourth-order valence-electron chi connectivity index (χ4n) is 1.72. The van der Waals surface area contributed by atoms with Crippen LogP contribution in [0.5, 0.6) is 0 Å². The normalized spacial score (nSPS) is 17.1. The van der Waals surface area contributed by atoms with Gasteiger partial charge < -0.3 is 5.11 Å². The Morgan fingerprint density at radius 1 is 1.20 bits per heavy atom. The lowest BCUT2D eigenvalue weighted by Gasteiger charge is -2.26. The van der Waals surface area contributed by atoms with E-state index in [1.54, 1.807) is 6.08 Å². The summed E-state index contributed by atoms with van der Waals surface area (Å²) in [4.78, 5) is 0. The van der Waals surface area contributed by atoms with Gasteiger partial charge in [0.05, 0.1) is 5.60 Å². The molecule has 15 heavy (non-hydrogen) atoms. The summed E-state index contributed by atoms with van der Waals surface area (Å²) in [6.45, 7) is 9.87. The zero-order valence-electron chi connectivity index (χ0n) is 10.8. The topological polar surface area (TPSA) is 20.2 Å². The molecule has 0 spiro atoms. The largest absolute Gasteiger partial charge is 0.386 e. The lowest BCUT2D eigenvalue weighted by molar-refractivity contribution is 0.0495. The lowest BCUT2D eigenvalue weighted by Crippen LogP contribution is -2.29. The molecule has 1 nitrogen and oxygen atoms in total.